The largest absolute Gasteiger partial charge is 0.452 e. The van der Waals surface area contributed by atoms with E-state index in [0.717, 1.165) is 10.5 Å². The van der Waals surface area contributed by atoms with E-state index in [9.17, 15) is 19.2 Å². The first-order chi connectivity index (χ1) is 15.8. The van der Waals surface area contributed by atoms with E-state index in [1.54, 1.807) is 20.2 Å². The van der Waals surface area contributed by atoms with E-state index in [1.165, 1.54) is 21.6 Å². The number of fused-ring (bicyclic) bond motifs is 1. The number of carbonyl (C=O) groups excluding carboxylic acids is 4. The zero-order chi connectivity index (χ0) is 23.5. The molecule has 0 spiro atoms. The third-order valence-corrected chi connectivity index (χ3v) is 7.04. The molecule has 1 fully saturated rings. The molecule has 3 atom stereocenters. The second kappa shape index (κ2) is 9.66. The number of para-hydroxylation sites is 1. The first-order valence-corrected chi connectivity index (χ1v) is 11.5. The number of anilines is 1. The van der Waals surface area contributed by atoms with Crippen LogP contribution in [-0.2, 0) is 23.9 Å². The van der Waals surface area contributed by atoms with Crippen LogP contribution < -0.4 is 10.2 Å². The Kier molecular flexibility index (Phi) is 6.69. The number of nitrogens with one attached hydrogen (secondary N) is 1. The highest BCUT2D eigenvalue weighted by Gasteiger charge is 2.42. The summed E-state index contributed by atoms with van der Waals surface area (Å²) in [6.07, 6.45) is -0.477. The van der Waals surface area contributed by atoms with E-state index in [1.807, 2.05) is 48.5 Å². The standard InChI is InChI=1S/C24H25N3O5S/c1-26(2)19(28)14-27-16-10-6-7-11-18(16)33-22(15-8-4-3-5-9-15)21(24(27)31)25-23(30)17-12-13-20(29)32-17/h3-11,17,21-22H,12-14H2,1-2H3,(H,25,30)/t17-,21-,22+/m0/s1. The molecule has 0 radical (unpaired) electrons. The molecule has 2 aliphatic heterocycles. The maximum absolute atomic E-state index is 13.9. The number of hydrogen-bond acceptors (Lipinski definition) is 6. The Hall–Kier alpha value is -3.33. The number of esters is 1. The Bertz CT molecular complexity index is 1070. The first-order valence-electron chi connectivity index (χ1n) is 10.7. The Morgan fingerprint density at radius 3 is 2.45 bits per heavy atom. The number of thioether (sulfide) groups is 1. The van der Waals surface area contributed by atoms with Gasteiger partial charge in [-0.1, -0.05) is 42.5 Å². The van der Waals surface area contributed by atoms with E-state index in [0.29, 0.717) is 5.69 Å². The quantitative estimate of drug-likeness (QED) is 0.677. The fraction of sp³-hybridized carbons (Fsp3) is 0.333. The third kappa shape index (κ3) is 4.88. The smallest absolute Gasteiger partial charge is 0.306 e. The fourth-order valence-corrected chi connectivity index (χ4v) is 5.18. The van der Waals surface area contributed by atoms with Gasteiger partial charge in [0.25, 0.3) is 11.8 Å². The molecule has 0 unspecified atom stereocenters. The van der Waals surface area contributed by atoms with Crippen molar-refractivity contribution in [3.8, 4) is 0 Å². The highest BCUT2D eigenvalue weighted by atomic mass is 32.2. The predicted octanol–water partition coefficient (Wildman–Crippen LogP) is 2.15. The monoisotopic (exact) mass is 467 g/mol. The van der Waals surface area contributed by atoms with Gasteiger partial charge in [-0.05, 0) is 17.7 Å². The molecule has 3 amide bonds. The number of hydrogen-bond donors (Lipinski definition) is 1. The zero-order valence-corrected chi connectivity index (χ0v) is 19.2. The summed E-state index contributed by atoms with van der Waals surface area (Å²) in [6.45, 7) is -0.157. The van der Waals surface area contributed by atoms with Crippen LogP contribution in [-0.4, -0.2) is 61.4 Å². The molecule has 0 bridgehead atoms. The van der Waals surface area contributed by atoms with E-state index >= 15 is 0 Å². The van der Waals surface area contributed by atoms with Crippen LogP contribution in [0.2, 0.25) is 0 Å². The Morgan fingerprint density at radius 2 is 1.79 bits per heavy atom. The van der Waals surface area contributed by atoms with Crippen molar-refractivity contribution in [1.82, 2.24) is 10.2 Å². The van der Waals surface area contributed by atoms with E-state index < -0.39 is 35.2 Å². The number of benzene rings is 2. The van der Waals surface area contributed by atoms with Gasteiger partial charge in [-0.3, -0.25) is 19.2 Å². The molecule has 2 aromatic rings. The second-order valence-corrected chi connectivity index (χ2v) is 9.32. The van der Waals surface area contributed by atoms with Gasteiger partial charge in [0, 0.05) is 31.8 Å². The van der Waals surface area contributed by atoms with Crippen molar-refractivity contribution < 1.29 is 23.9 Å². The number of rotatable bonds is 5. The number of nitrogens with zero attached hydrogens (tertiary/aromatic N) is 2. The highest BCUT2D eigenvalue weighted by molar-refractivity contribution is 7.99. The molecular formula is C24H25N3O5S. The van der Waals surface area contributed by atoms with Crippen LogP contribution in [0, 0.1) is 0 Å². The van der Waals surface area contributed by atoms with Crippen molar-refractivity contribution in [2.24, 2.45) is 0 Å². The number of carbonyl (C=O) groups is 4. The van der Waals surface area contributed by atoms with Gasteiger partial charge in [0.15, 0.2) is 6.10 Å². The van der Waals surface area contributed by atoms with Crippen LogP contribution in [0.5, 0.6) is 0 Å². The molecule has 0 saturated carbocycles. The number of amides is 3. The van der Waals surface area contributed by atoms with E-state index in [2.05, 4.69) is 5.32 Å². The Morgan fingerprint density at radius 1 is 1.09 bits per heavy atom. The van der Waals surface area contributed by atoms with E-state index in [-0.39, 0.29) is 25.3 Å². The molecule has 4 rings (SSSR count). The van der Waals surface area contributed by atoms with Crippen LogP contribution in [0.3, 0.4) is 0 Å². The van der Waals surface area contributed by atoms with Gasteiger partial charge in [-0.2, -0.15) is 0 Å². The van der Waals surface area contributed by atoms with Crippen molar-refractivity contribution >= 4 is 41.1 Å². The van der Waals surface area contributed by atoms with Crippen LogP contribution in [0.25, 0.3) is 0 Å². The Balaban J connectivity index is 1.74. The lowest BCUT2D eigenvalue weighted by molar-refractivity contribution is -0.148. The average Bonchev–Trinajstić information content (AvgIpc) is 3.22. The van der Waals surface area contributed by atoms with Gasteiger partial charge in [-0.15, -0.1) is 11.8 Å². The normalized spacial score (nSPS) is 22.2. The molecule has 8 nitrogen and oxygen atoms in total. The second-order valence-electron chi connectivity index (χ2n) is 8.13. The first kappa shape index (κ1) is 22.8. The Labute approximate surface area is 196 Å². The minimum atomic E-state index is -0.966. The molecule has 1 saturated heterocycles. The average molecular weight is 468 g/mol. The summed E-state index contributed by atoms with van der Waals surface area (Å²) in [4.78, 5) is 54.6. The maximum Gasteiger partial charge on any atom is 0.306 e. The SMILES string of the molecule is CN(C)C(=O)CN1C(=O)[C@@H](NC(=O)[C@@H]2CCC(=O)O2)[C@@H](c2ccccc2)Sc2ccccc21. The molecule has 0 aliphatic carbocycles. The highest BCUT2D eigenvalue weighted by Crippen LogP contribution is 2.45. The summed E-state index contributed by atoms with van der Waals surface area (Å²) in [7, 11) is 3.26. The zero-order valence-electron chi connectivity index (χ0n) is 18.4. The molecule has 9 heteroatoms. The lowest BCUT2D eigenvalue weighted by atomic mass is 10.0. The van der Waals surface area contributed by atoms with Crippen molar-refractivity contribution in [3.05, 3.63) is 60.2 Å². The van der Waals surface area contributed by atoms with Crippen LogP contribution >= 0.6 is 11.8 Å². The number of likely N-dealkylation sites (N-methyl/N-ethyl adjacent to an activating group) is 1. The lowest BCUT2D eigenvalue weighted by Crippen LogP contribution is -2.54. The van der Waals surface area contributed by atoms with Crippen molar-refractivity contribution in [2.75, 3.05) is 25.5 Å². The summed E-state index contributed by atoms with van der Waals surface area (Å²) < 4.78 is 5.11. The van der Waals surface area contributed by atoms with Gasteiger partial charge in [0.05, 0.1) is 10.9 Å². The van der Waals surface area contributed by atoms with Crippen molar-refractivity contribution in [1.29, 1.82) is 0 Å². The van der Waals surface area contributed by atoms with Crippen molar-refractivity contribution in [2.45, 2.75) is 35.1 Å². The minimum Gasteiger partial charge on any atom is -0.452 e. The van der Waals surface area contributed by atoms with Gasteiger partial charge in [0.1, 0.15) is 12.6 Å². The summed E-state index contributed by atoms with van der Waals surface area (Å²) in [5, 5.41) is 2.39. The molecule has 2 aromatic carbocycles. The summed E-state index contributed by atoms with van der Waals surface area (Å²) in [6, 6.07) is 15.9. The topological polar surface area (TPSA) is 96.0 Å². The third-order valence-electron chi connectivity index (χ3n) is 5.64. The molecule has 1 N–H and O–H groups in total. The predicted molar refractivity (Wildman–Crippen MR) is 124 cm³/mol. The number of cyclic esters (lactones) is 1. The van der Waals surface area contributed by atoms with Gasteiger partial charge in [-0.25, -0.2) is 0 Å². The summed E-state index contributed by atoms with van der Waals surface area (Å²) in [5.74, 6) is -1.57. The van der Waals surface area contributed by atoms with Gasteiger partial charge >= 0.3 is 5.97 Å². The van der Waals surface area contributed by atoms with Crippen LogP contribution in [0.1, 0.15) is 23.7 Å². The molecule has 2 aliphatic rings. The molecule has 2 heterocycles. The van der Waals surface area contributed by atoms with Crippen LogP contribution in [0.4, 0.5) is 5.69 Å². The van der Waals surface area contributed by atoms with Gasteiger partial charge < -0.3 is 19.9 Å². The maximum atomic E-state index is 13.9. The molecule has 172 valence electrons. The van der Waals surface area contributed by atoms with Crippen molar-refractivity contribution in [3.63, 3.8) is 0 Å². The van der Waals surface area contributed by atoms with Crippen LogP contribution in [0.15, 0.2) is 59.5 Å². The molecular weight excluding hydrogens is 442 g/mol. The summed E-state index contributed by atoms with van der Waals surface area (Å²) in [5.41, 5.74) is 1.48. The van der Waals surface area contributed by atoms with E-state index in [4.69, 9.17) is 4.74 Å². The molecule has 0 aromatic heterocycles. The molecule has 33 heavy (non-hydrogen) atoms. The number of ether oxygens (including phenoxy) is 1. The van der Waals surface area contributed by atoms with Gasteiger partial charge in [0.2, 0.25) is 5.91 Å². The minimum absolute atomic E-state index is 0.157. The lowest BCUT2D eigenvalue weighted by Gasteiger charge is -2.29. The summed E-state index contributed by atoms with van der Waals surface area (Å²) >= 11 is 1.46. The fourth-order valence-electron chi connectivity index (χ4n) is 3.84.